The van der Waals surface area contributed by atoms with E-state index >= 15 is 0 Å². The lowest BCUT2D eigenvalue weighted by atomic mass is 10.2. The van der Waals surface area contributed by atoms with E-state index in [1.807, 2.05) is 30.3 Å². The average molecular weight is 227 g/mol. The second-order valence-corrected chi connectivity index (χ2v) is 3.50. The highest BCUT2D eigenvalue weighted by Crippen LogP contribution is 2.10. The topological polar surface area (TPSA) is 41.1 Å². The summed E-state index contributed by atoms with van der Waals surface area (Å²) in [6, 6.07) is 9.55. The van der Waals surface area contributed by atoms with Crippen molar-refractivity contribution < 1.29 is 4.79 Å². The molecule has 4 heteroatoms. The fraction of sp³-hybridized carbons (Fsp3) is 0.364. The van der Waals surface area contributed by atoms with Crippen molar-refractivity contribution in [2.24, 2.45) is 0 Å². The molecule has 0 saturated carbocycles. The SMILES string of the molecule is Cl.O=C(Nc1ccccc1)[C@@H]1CCCN1. The van der Waals surface area contributed by atoms with E-state index in [9.17, 15) is 4.79 Å². The van der Waals surface area contributed by atoms with Gasteiger partial charge >= 0.3 is 0 Å². The minimum absolute atomic E-state index is 0. The lowest BCUT2D eigenvalue weighted by Gasteiger charge is -2.10. The van der Waals surface area contributed by atoms with Crippen molar-refractivity contribution in [2.45, 2.75) is 18.9 Å². The van der Waals surface area contributed by atoms with Gasteiger partial charge in [-0.25, -0.2) is 0 Å². The van der Waals surface area contributed by atoms with Gasteiger partial charge in [0.1, 0.15) is 0 Å². The zero-order chi connectivity index (χ0) is 9.80. The van der Waals surface area contributed by atoms with E-state index in [2.05, 4.69) is 10.6 Å². The van der Waals surface area contributed by atoms with Gasteiger partial charge in [0.15, 0.2) is 0 Å². The lowest BCUT2D eigenvalue weighted by molar-refractivity contribution is -0.117. The van der Waals surface area contributed by atoms with Gasteiger partial charge in [0.05, 0.1) is 6.04 Å². The van der Waals surface area contributed by atoms with Gasteiger partial charge in [0, 0.05) is 5.69 Å². The number of carbonyl (C=O) groups is 1. The van der Waals surface area contributed by atoms with Crippen LogP contribution in [0.5, 0.6) is 0 Å². The van der Waals surface area contributed by atoms with Crippen molar-refractivity contribution >= 4 is 24.0 Å². The molecule has 82 valence electrons. The van der Waals surface area contributed by atoms with Crippen LogP contribution >= 0.6 is 12.4 Å². The van der Waals surface area contributed by atoms with Crippen LogP contribution in [0.1, 0.15) is 12.8 Å². The summed E-state index contributed by atoms with van der Waals surface area (Å²) in [5.41, 5.74) is 0.867. The highest BCUT2D eigenvalue weighted by atomic mass is 35.5. The summed E-state index contributed by atoms with van der Waals surface area (Å²) < 4.78 is 0. The van der Waals surface area contributed by atoms with Gasteiger partial charge in [-0.2, -0.15) is 0 Å². The molecule has 0 unspecified atom stereocenters. The third-order valence-corrected chi connectivity index (χ3v) is 2.42. The zero-order valence-corrected chi connectivity index (χ0v) is 9.22. The number of para-hydroxylation sites is 1. The van der Waals surface area contributed by atoms with Gasteiger partial charge in [0.25, 0.3) is 0 Å². The number of halogens is 1. The molecule has 15 heavy (non-hydrogen) atoms. The molecule has 0 spiro atoms. The van der Waals surface area contributed by atoms with Crippen LogP contribution in [0.4, 0.5) is 5.69 Å². The highest BCUT2D eigenvalue weighted by Gasteiger charge is 2.21. The predicted octanol–water partition coefficient (Wildman–Crippen LogP) is 1.80. The number of benzene rings is 1. The Morgan fingerprint density at radius 1 is 1.33 bits per heavy atom. The molecule has 1 aliphatic heterocycles. The summed E-state index contributed by atoms with van der Waals surface area (Å²) >= 11 is 0. The summed E-state index contributed by atoms with van der Waals surface area (Å²) in [5.74, 6) is 0.0775. The molecule has 1 fully saturated rings. The Bertz CT molecular complexity index is 310. The second kappa shape index (κ2) is 5.73. The smallest absolute Gasteiger partial charge is 0.241 e. The molecule has 1 saturated heterocycles. The molecule has 1 atom stereocenters. The summed E-state index contributed by atoms with van der Waals surface area (Å²) in [5, 5.41) is 6.05. The Morgan fingerprint density at radius 3 is 2.67 bits per heavy atom. The normalized spacial score (nSPS) is 19.3. The van der Waals surface area contributed by atoms with Gasteiger partial charge in [-0.15, -0.1) is 12.4 Å². The number of nitrogens with one attached hydrogen (secondary N) is 2. The Morgan fingerprint density at radius 2 is 2.07 bits per heavy atom. The van der Waals surface area contributed by atoms with Gasteiger partial charge < -0.3 is 10.6 Å². The zero-order valence-electron chi connectivity index (χ0n) is 8.40. The van der Waals surface area contributed by atoms with Crippen LogP contribution in [0.25, 0.3) is 0 Å². The molecule has 0 aromatic heterocycles. The standard InChI is InChI=1S/C11H14N2O.ClH/c14-11(10-7-4-8-12-10)13-9-5-2-1-3-6-9;/h1-3,5-6,10,12H,4,7-8H2,(H,13,14);1H/t10-;/m0./s1. The number of anilines is 1. The third-order valence-electron chi connectivity index (χ3n) is 2.42. The first-order valence-corrected chi connectivity index (χ1v) is 4.95. The molecule has 2 N–H and O–H groups in total. The van der Waals surface area contributed by atoms with E-state index in [-0.39, 0.29) is 24.4 Å². The first-order chi connectivity index (χ1) is 6.86. The van der Waals surface area contributed by atoms with Crippen LogP contribution in [0.2, 0.25) is 0 Å². The molecule has 1 heterocycles. The van der Waals surface area contributed by atoms with E-state index in [1.165, 1.54) is 0 Å². The van der Waals surface area contributed by atoms with Gasteiger partial charge in [0.2, 0.25) is 5.91 Å². The number of amides is 1. The molecule has 0 radical (unpaired) electrons. The van der Waals surface area contributed by atoms with Crippen LogP contribution in [-0.2, 0) is 4.79 Å². The average Bonchev–Trinajstić information content (AvgIpc) is 2.72. The van der Waals surface area contributed by atoms with Crippen molar-refractivity contribution in [3.63, 3.8) is 0 Å². The summed E-state index contributed by atoms with van der Waals surface area (Å²) in [6.07, 6.45) is 2.03. The molecule has 1 aromatic rings. The van der Waals surface area contributed by atoms with Crippen LogP contribution < -0.4 is 10.6 Å². The van der Waals surface area contributed by atoms with E-state index < -0.39 is 0 Å². The molecular formula is C11H15ClN2O. The molecule has 2 rings (SSSR count). The Labute approximate surface area is 95.7 Å². The minimum Gasteiger partial charge on any atom is -0.325 e. The van der Waals surface area contributed by atoms with E-state index in [4.69, 9.17) is 0 Å². The summed E-state index contributed by atoms with van der Waals surface area (Å²) in [6.45, 7) is 0.951. The first kappa shape index (κ1) is 12.0. The summed E-state index contributed by atoms with van der Waals surface area (Å²) in [7, 11) is 0. The van der Waals surface area contributed by atoms with E-state index in [0.717, 1.165) is 25.1 Å². The maximum atomic E-state index is 11.6. The van der Waals surface area contributed by atoms with E-state index in [0.29, 0.717) is 0 Å². The van der Waals surface area contributed by atoms with Crippen molar-refractivity contribution in [1.82, 2.24) is 5.32 Å². The first-order valence-electron chi connectivity index (χ1n) is 4.95. The van der Waals surface area contributed by atoms with Crippen LogP contribution in [-0.4, -0.2) is 18.5 Å². The van der Waals surface area contributed by atoms with Gasteiger partial charge in [-0.05, 0) is 31.5 Å². The van der Waals surface area contributed by atoms with Crippen LogP contribution in [0.15, 0.2) is 30.3 Å². The van der Waals surface area contributed by atoms with Gasteiger partial charge in [-0.3, -0.25) is 4.79 Å². The largest absolute Gasteiger partial charge is 0.325 e. The van der Waals surface area contributed by atoms with Crippen molar-refractivity contribution in [1.29, 1.82) is 0 Å². The Hall–Kier alpha value is -1.06. The maximum absolute atomic E-state index is 11.6. The molecule has 0 aliphatic carbocycles. The van der Waals surface area contributed by atoms with Crippen LogP contribution in [0.3, 0.4) is 0 Å². The van der Waals surface area contributed by atoms with Crippen molar-refractivity contribution in [3.05, 3.63) is 30.3 Å². The Balaban J connectivity index is 0.00000112. The lowest BCUT2D eigenvalue weighted by Crippen LogP contribution is -2.35. The number of hydrogen-bond acceptors (Lipinski definition) is 2. The maximum Gasteiger partial charge on any atom is 0.241 e. The van der Waals surface area contributed by atoms with Crippen molar-refractivity contribution in [2.75, 3.05) is 11.9 Å². The molecule has 3 nitrogen and oxygen atoms in total. The fourth-order valence-electron chi connectivity index (χ4n) is 1.66. The number of hydrogen-bond donors (Lipinski definition) is 2. The predicted molar refractivity (Wildman–Crippen MR) is 63.3 cm³/mol. The molecule has 1 aromatic carbocycles. The van der Waals surface area contributed by atoms with E-state index in [1.54, 1.807) is 0 Å². The van der Waals surface area contributed by atoms with Crippen molar-refractivity contribution in [3.8, 4) is 0 Å². The minimum atomic E-state index is -0.00444. The molecule has 1 amide bonds. The monoisotopic (exact) mass is 226 g/mol. The molecule has 0 bridgehead atoms. The molecular weight excluding hydrogens is 212 g/mol. The second-order valence-electron chi connectivity index (χ2n) is 3.50. The molecule has 1 aliphatic rings. The quantitative estimate of drug-likeness (QED) is 0.808. The van der Waals surface area contributed by atoms with Crippen LogP contribution in [0, 0.1) is 0 Å². The number of carbonyl (C=O) groups excluding carboxylic acids is 1. The summed E-state index contributed by atoms with van der Waals surface area (Å²) in [4.78, 5) is 11.6. The third kappa shape index (κ3) is 3.22. The Kier molecular flexibility index (Phi) is 4.59. The highest BCUT2D eigenvalue weighted by molar-refractivity contribution is 5.94. The number of rotatable bonds is 2. The fourth-order valence-corrected chi connectivity index (χ4v) is 1.66. The van der Waals surface area contributed by atoms with Gasteiger partial charge in [-0.1, -0.05) is 18.2 Å².